The monoisotopic (exact) mass is 98.1 g/mol. The van der Waals surface area contributed by atoms with Gasteiger partial charge in [-0.25, -0.2) is 0 Å². The molecule has 0 aliphatic rings. The average molecular weight is 97.9 g/mol. The van der Waals surface area contributed by atoms with Gasteiger partial charge in [-0.2, -0.15) is 0 Å². The van der Waals surface area contributed by atoms with Crippen molar-refractivity contribution >= 4 is 14.4 Å². The third-order valence-electron chi connectivity index (χ3n) is 0.497. The third-order valence-corrected chi connectivity index (χ3v) is 0.497. The van der Waals surface area contributed by atoms with Crippen LogP contribution in [-0.4, -0.2) is 28.5 Å². The van der Waals surface area contributed by atoms with E-state index in [9.17, 15) is 0 Å². The number of nitrogens with zero attached hydrogens (tertiary/aromatic N) is 1. The van der Waals surface area contributed by atoms with E-state index in [0.717, 1.165) is 0 Å². The quantitative estimate of drug-likeness (QED) is 0.226. The molecule has 0 spiro atoms. The van der Waals surface area contributed by atoms with E-state index >= 15 is 0 Å². The van der Waals surface area contributed by atoms with Gasteiger partial charge in [0.15, 0.2) is 5.96 Å². The maximum absolute atomic E-state index is 5.11. The topological polar surface area (TPSA) is 50.4 Å². The minimum atomic E-state index is 0. The summed E-state index contributed by atoms with van der Waals surface area (Å²) in [6.07, 6.45) is 0. The van der Waals surface area contributed by atoms with Gasteiger partial charge in [0.1, 0.15) is 0 Å². The molecule has 0 aromatic carbocycles. The molecule has 0 aliphatic carbocycles. The predicted octanol–water partition coefficient (Wildman–Crippen LogP) is -1.23. The van der Waals surface area contributed by atoms with Gasteiger partial charge in [0, 0.05) is 22.5 Å². The summed E-state index contributed by atoms with van der Waals surface area (Å²) in [4.78, 5) is 3.59. The van der Waals surface area contributed by atoms with Crippen LogP contribution >= 0.6 is 0 Å². The van der Waals surface area contributed by atoms with E-state index in [1.165, 1.54) is 0 Å². The van der Waals surface area contributed by atoms with Crippen molar-refractivity contribution in [2.45, 2.75) is 0 Å². The van der Waals surface area contributed by atoms with Crippen LogP contribution in [0.3, 0.4) is 0 Å². The fraction of sp³-hybridized carbons (Fsp3) is 0.667. The fourth-order valence-corrected chi connectivity index (χ4v) is 0.112. The van der Waals surface area contributed by atoms with Crippen LogP contribution in [-0.2, 0) is 0 Å². The van der Waals surface area contributed by atoms with Crippen molar-refractivity contribution in [1.82, 2.24) is 5.32 Å². The number of hydrogen-bond acceptors (Lipinski definition) is 1. The SMILES string of the molecule is CN=C(N)NC.[B]. The second kappa shape index (κ2) is 5.33. The lowest BCUT2D eigenvalue weighted by molar-refractivity contribution is 1.12. The Balaban J connectivity index is 0. The smallest absolute Gasteiger partial charge is 0.188 e. The Hall–Kier alpha value is -0.665. The van der Waals surface area contributed by atoms with Crippen LogP contribution < -0.4 is 11.1 Å². The largest absolute Gasteiger partial charge is 0.370 e. The van der Waals surface area contributed by atoms with Gasteiger partial charge in [-0.3, -0.25) is 4.99 Å². The summed E-state index contributed by atoms with van der Waals surface area (Å²) in [7, 11) is 3.36. The highest BCUT2D eigenvalue weighted by molar-refractivity contribution is 5.77. The van der Waals surface area contributed by atoms with E-state index in [1.54, 1.807) is 14.1 Å². The Morgan fingerprint density at radius 3 is 2.14 bits per heavy atom. The predicted molar refractivity (Wildman–Crippen MR) is 32.4 cm³/mol. The first-order valence-electron chi connectivity index (χ1n) is 1.71. The Kier molecular flexibility index (Phi) is 7.31. The molecule has 7 heavy (non-hydrogen) atoms. The van der Waals surface area contributed by atoms with Gasteiger partial charge in [0.25, 0.3) is 0 Å². The fourth-order valence-electron chi connectivity index (χ4n) is 0.112. The molecule has 0 saturated heterocycles. The number of nitrogens with one attached hydrogen (secondary N) is 1. The highest BCUT2D eigenvalue weighted by Crippen LogP contribution is 1.48. The van der Waals surface area contributed by atoms with E-state index in [1.807, 2.05) is 0 Å². The number of nitrogens with two attached hydrogens (primary N) is 1. The first kappa shape index (κ1) is 9.59. The molecule has 39 valence electrons. The summed E-state index contributed by atoms with van der Waals surface area (Å²) < 4.78 is 0. The van der Waals surface area contributed by atoms with Crippen molar-refractivity contribution in [3.63, 3.8) is 0 Å². The third kappa shape index (κ3) is 5.33. The maximum Gasteiger partial charge on any atom is 0.188 e. The van der Waals surface area contributed by atoms with Crippen LogP contribution in [0.2, 0.25) is 0 Å². The van der Waals surface area contributed by atoms with Gasteiger partial charge in [-0.1, -0.05) is 0 Å². The zero-order valence-electron chi connectivity index (χ0n) is 4.60. The highest BCUT2D eigenvalue weighted by Gasteiger charge is 1.71. The molecule has 3 nitrogen and oxygen atoms in total. The molecule has 0 amide bonds. The van der Waals surface area contributed by atoms with Crippen molar-refractivity contribution in [1.29, 1.82) is 0 Å². The van der Waals surface area contributed by atoms with Gasteiger partial charge >= 0.3 is 0 Å². The van der Waals surface area contributed by atoms with E-state index in [4.69, 9.17) is 5.73 Å². The van der Waals surface area contributed by atoms with E-state index in [2.05, 4.69) is 10.3 Å². The van der Waals surface area contributed by atoms with Crippen LogP contribution in [0.1, 0.15) is 0 Å². The van der Waals surface area contributed by atoms with Crippen LogP contribution in [0.15, 0.2) is 4.99 Å². The van der Waals surface area contributed by atoms with Crippen LogP contribution in [0, 0.1) is 0 Å². The summed E-state index contributed by atoms with van der Waals surface area (Å²) in [6, 6.07) is 0. The number of guanidine groups is 1. The number of rotatable bonds is 0. The summed E-state index contributed by atoms with van der Waals surface area (Å²) in [5.74, 6) is 0.468. The molecule has 0 aliphatic heterocycles. The molecular weight excluding hydrogens is 88.9 g/mol. The van der Waals surface area contributed by atoms with Crippen molar-refractivity contribution < 1.29 is 0 Å². The Morgan fingerprint density at radius 2 is 2.14 bits per heavy atom. The molecule has 0 unspecified atom stereocenters. The van der Waals surface area contributed by atoms with Gasteiger partial charge < -0.3 is 11.1 Å². The molecule has 3 N–H and O–H groups in total. The highest BCUT2D eigenvalue weighted by atomic mass is 15.1. The molecule has 0 fully saturated rings. The summed E-state index contributed by atoms with van der Waals surface area (Å²) >= 11 is 0. The Morgan fingerprint density at radius 1 is 1.71 bits per heavy atom. The average Bonchev–Trinajstić information content (AvgIpc) is 1.65. The summed E-state index contributed by atoms with van der Waals surface area (Å²) in [5, 5.41) is 2.64. The van der Waals surface area contributed by atoms with Crippen LogP contribution in [0.5, 0.6) is 0 Å². The van der Waals surface area contributed by atoms with Gasteiger partial charge in [-0.05, 0) is 0 Å². The van der Waals surface area contributed by atoms with Crippen molar-refractivity contribution in [2.24, 2.45) is 10.7 Å². The van der Waals surface area contributed by atoms with Crippen LogP contribution in [0.4, 0.5) is 0 Å². The molecule has 0 atom stereocenters. The molecule has 0 aromatic heterocycles. The molecule has 4 heteroatoms. The zero-order chi connectivity index (χ0) is 4.99. The van der Waals surface area contributed by atoms with E-state index < -0.39 is 0 Å². The minimum absolute atomic E-state index is 0. The second-order valence-corrected chi connectivity index (χ2v) is 0.859. The van der Waals surface area contributed by atoms with Gasteiger partial charge in [-0.15, -0.1) is 0 Å². The number of aliphatic imine (C=N–C) groups is 1. The lowest BCUT2D eigenvalue weighted by Crippen LogP contribution is -2.27. The summed E-state index contributed by atoms with van der Waals surface area (Å²) in [6.45, 7) is 0. The standard InChI is InChI=1S/C3H9N3.B/c1-5-3(4)6-2;/h1-2H3,(H3,4,5,6);. The second-order valence-electron chi connectivity index (χ2n) is 0.859. The summed E-state index contributed by atoms with van der Waals surface area (Å²) in [5.41, 5.74) is 5.11. The lowest BCUT2D eigenvalue weighted by atomic mass is 10.8. The van der Waals surface area contributed by atoms with Crippen molar-refractivity contribution in [3.8, 4) is 0 Å². The molecule has 0 saturated carbocycles. The lowest BCUT2D eigenvalue weighted by Gasteiger charge is -1.90. The zero-order valence-corrected chi connectivity index (χ0v) is 4.60. The van der Waals surface area contributed by atoms with Crippen molar-refractivity contribution in [2.75, 3.05) is 14.1 Å². The van der Waals surface area contributed by atoms with Crippen molar-refractivity contribution in [3.05, 3.63) is 0 Å². The first-order chi connectivity index (χ1) is 2.81. The maximum atomic E-state index is 5.11. The normalized spacial score (nSPS) is 9.71. The molecule has 0 bridgehead atoms. The molecule has 0 heterocycles. The Labute approximate surface area is 45.6 Å². The molecule has 3 radical (unpaired) electrons. The van der Waals surface area contributed by atoms with Crippen LogP contribution in [0.25, 0.3) is 0 Å². The Bertz CT molecular complexity index is 61.2. The van der Waals surface area contributed by atoms with Gasteiger partial charge in [0.2, 0.25) is 0 Å². The molecule has 0 aromatic rings. The minimum Gasteiger partial charge on any atom is -0.370 e. The van der Waals surface area contributed by atoms with E-state index in [-0.39, 0.29) is 8.41 Å². The number of hydrogen-bond donors (Lipinski definition) is 2. The van der Waals surface area contributed by atoms with E-state index in [0.29, 0.717) is 5.96 Å². The first-order valence-corrected chi connectivity index (χ1v) is 1.71. The van der Waals surface area contributed by atoms with Gasteiger partial charge in [0.05, 0.1) is 0 Å². The molecule has 0 rings (SSSR count). The molecular formula is C3H9BN3.